The summed E-state index contributed by atoms with van der Waals surface area (Å²) in [5.41, 5.74) is 1.02. The van der Waals surface area contributed by atoms with Crippen LogP contribution in [0.15, 0.2) is 22.1 Å². The van der Waals surface area contributed by atoms with Crippen LogP contribution in [-0.2, 0) is 0 Å². The maximum Gasteiger partial charge on any atom is 0.210 e. The van der Waals surface area contributed by atoms with Gasteiger partial charge in [0.15, 0.2) is 3.92 Å². The summed E-state index contributed by atoms with van der Waals surface area (Å²) < 4.78 is 14.2. The van der Waals surface area contributed by atoms with Gasteiger partial charge in [-0.25, -0.2) is 4.39 Å². The van der Waals surface area contributed by atoms with Gasteiger partial charge in [0.25, 0.3) is 0 Å². The van der Waals surface area contributed by atoms with E-state index in [-0.39, 0.29) is 5.82 Å². The number of anilines is 2. The molecule has 0 saturated heterocycles. The van der Waals surface area contributed by atoms with Crippen molar-refractivity contribution in [3.8, 4) is 0 Å². The van der Waals surface area contributed by atoms with Crippen molar-refractivity contribution < 1.29 is 4.39 Å². The third kappa shape index (κ3) is 2.32. The minimum absolute atomic E-state index is 0.260. The monoisotopic (exact) mass is 287 g/mol. The molecule has 0 radical (unpaired) electrons. The van der Waals surface area contributed by atoms with Gasteiger partial charge < -0.3 is 5.32 Å². The van der Waals surface area contributed by atoms with Gasteiger partial charge in [0.05, 0.1) is 5.69 Å². The summed E-state index contributed by atoms with van der Waals surface area (Å²) in [6.07, 6.45) is 0. The first kappa shape index (κ1) is 10.5. The lowest BCUT2D eigenvalue weighted by Gasteiger charge is -2.04. The number of aromatic nitrogens is 2. The van der Waals surface area contributed by atoms with Gasteiger partial charge in [-0.3, -0.25) is 0 Å². The Morgan fingerprint density at radius 2 is 2.20 bits per heavy atom. The molecule has 2 rings (SSSR count). The fraction of sp³-hybridized carbons (Fsp3) is 0.111. The van der Waals surface area contributed by atoms with Crippen LogP contribution in [0.3, 0.4) is 0 Å². The molecule has 1 aromatic heterocycles. The minimum atomic E-state index is -0.260. The topological polar surface area (TPSA) is 37.8 Å². The van der Waals surface area contributed by atoms with E-state index in [9.17, 15) is 4.39 Å². The second-order valence-corrected chi connectivity index (χ2v) is 5.18. The Kier molecular flexibility index (Phi) is 2.97. The van der Waals surface area contributed by atoms with Gasteiger partial charge >= 0.3 is 0 Å². The van der Waals surface area contributed by atoms with E-state index < -0.39 is 0 Å². The number of nitrogens with zero attached hydrogens (tertiary/aromatic N) is 2. The summed E-state index contributed by atoms with van der Waals surface area (Å²) >= 11 is 4.50. The molecule has 2 aromatic rings. The van der Waals surface area contributed by atoms with E-state index in [1.807, 2.05) is 0 Å². The van der Waals surface area contributed by atoms with E-state index in [4.69, 9.17) is 0 Å². The molecule has 0 unspecified atom stereocenters. The van der Waals surface area contributed by atoms with Gasteiger partial charge in [-0.1, -0.05) is 23.5 Å². The van der Waals surface area contributed by atoms with E-state index in [2.05, 4.69) is 31.4 Å². The molecule has 0 aliphatic rings. The molecular weight excluding hydrogens is 281 g/mol. The highest BCUT2D eigenvalue weighted by atomic mass is 79.9. The molecule has 0 aliphatic carbocycles. The Balaban J connectivity index is 2.28. The molecule has 1 N–H and O–H groups in total. The summed E-state index contributed by atoms with van der Waals surface area (Å²) in [6.45, 7) is 1.72. The van der Waals surface area contributed by atoms with Gasteiger partial charge in [-0.15, -0.1) is 10.2 Å². The van der Waals surface area contributed by atoms with Crippen LogP contribution >= 0.6 is 27.3 Å². The highest BCUT2D eigenvalue weighted by Gasteiger charge is 2.07. The number of benzene rings is 1. The van der Waals surface area contributed by atoms with Crippen LogP contribution in [0.4, 0.5) is 15.2 Å². The predicted octanol–water partition coefficient (Wildman–Crippen LogP) is 3.49. The third-order valence-corrected chi connectivity index (χ3v) is 3.11. The number of hydrogen-bond acceptors (Lipinski definition) is 4. The summed E-state index contributed by atoms with van der Waals surface area (Å²) in [7, 11) is 0. The van der Waals surface area contributed by atoms with Gasteiger partial charge in [0.1, 0.15) is 5.82 Å². The van der Waals surface area contributed by atoms with Crippen molar-refractivity contribution in [1.29, 1.82) is 0 Å². The van der Waals surface area contributed by atoms with Crippen LogP contribution in [0.25, 0.3) is 0 Å². The third-order valence-electron chi connectivity index (χ3n) is 1.83. The van der Waals surface area contributed by atoms with Crippen molar-refractivity contribution >= 4 is 38.1 Å². The zero-order chi connectivity index (χ0) is 10.8. The Bertz CT molecular complexity index is 486. The molecule has 15 heavy (non-hydrogen) atoms. The van der Waals surface area contributed by atoms with Crippen LogP contribution in [0.1, 0.15) is 5.56 Å². The molecule has 0 aliphatic heterocycles. The highest BCUT2D eigenvalue weighted by Crippen LogP contribution is 2.26. The first-order valence-electron chi connectivity index (χ1n) is 4.18. The van der Waals surface area contributed by atoms with Crippen LogP contribution < -0.4 is 5.32 Å². The summed E-state index contributed by atoms with van der Waals surface area (Å²) in [5, 5.41) is 11.0. The average molecular weight is 288 g/mol. The van der Waals surface area contributed by atoms with Crippen molar-refractivity contribution in [1.82, 2.24) is 10.2 Å². The SMILES string of the molecule is Cc1cccc(Nc2nnc(Br)s2)c1F. The number of halogens is 2. The van der Waals surface area contributed by atoms with Crippen molar-refractivity contribution in [3.63, 3.8) is 0 Å². The molecule has 0 bridgehead atoms. The molecule has 78 valence electrons. The van der Waals surface area contributed by atoms with Crippen LogP contribution in [0.2, 0.25) is 0 Å². The van der Waals surface area contributed by atoms with Crippen molar-refractivity contribution in [2.24, 2.45) is 0 Å². The van der Waals surface area contributed by atoms with Gasteiger partial charge in [0.2, 0.25) is 5.13 Å². The number of hydrogen-bond donors (Lipinski definition) is 1. The van der Waals surface area contributed by atoms with E-state index in [0.717, 1.165) is 0 Å². The molecule has 3 nitrogen and oxygen atoms in total. The average Bonchev–Trinajstić information content (AvgIpc) is 2.59. The lowest BCUT2D eigenvalue weighted by molar-refractivity contribution is 0.622. The van der Waals surface area contributed by atoms with Gasteiger partial charge in [0, 0.05) is 0 Å². The summed E-state index contributed by atoms with van der Waals surface area (Å²) in [5.74, 6) is -0.260. The second kappa shape index (κ2) is 4.24. The minimum Gasteiger partial charge on any atom is -0.328 e. The molecule has 1 heterocycles. The first-order chi connectivity index (χ1) is 7.16. The standard InChI is InChI=1S/C9H7BrFN3S/c1-5-3-2-4-6(7(5)11)12-9-14-13-8(10)15-9/h2-4H,1H3,(H,12,14). The lowest BCUT2D eigenvalue weighted by Crippen LogP contribution is -1.94. The van der Waals surface area contributed by atoms with Crippen molar-refractivity contribution in [2.45, 2.75) is 6.92 Å². The van der Waals surface area contributed by atoms with Gasteiger partial charge in [-0.2, -0.15) is 0 Å². The molecule has 6 heteroatoms. The molecule has 0 amide bonds. The normalized spacial score (nSPS) is 10.3. The number of rotatable bonds is 2. The zero-order valence-corrected chi connectivity index (χ0v) is 10.2. The molecule has 0 spiro atoms. The summed E-state index contributed by atoms with van der Waals surface area (Å²) in [6, 6.07) is 5.17. The maximum absolute atomic E-state index is 13.6. The van der Waals surface area contributed by atoms with Crippen LogP contribution in [-0.4, -0.2) is 10.2 Å². The Hall–Kier alpha value is -1.01. The quantitative estimate of drug-likeness (QED) is 0.919. The van der Waals surface area contributed by atoms with Crippen molar-refractivity contribution in [3.05, 3.63) is 33.5 Å². The van der Waals surface area contributed by atoms with Crippen LogP contribution in [0.5, 0.6) is 0 Å². The van der Waals surface area contributed by atoms with E-state index >= 15 is 0 Å². The van der Waals surface area contributed by atoms with E-state index in [1.165, 1.54) is 11.3 Å². The number of nitrogens with one attached hydrogen (secondary N) is 1. The van der Waals surface area contributed by atoms with E-state index in [1.54, 1.807) is 25.1 Å². The molecule has 0 atom stereocenters. The van der Waals surface area contributed by atoms with Crippen LogP contribution in [0, 0.1) is 12.7 Å². The van der Waals surface area contributed by atoms with E-state index in [0.29, 0.717) is 20.3 Å². The largest absolute Gasteiger partial charge is 0.328 e. The first-order valence-corrected chi connectivity index (χ1v) is 5.79. The van der Waals surface area contributed by atoms with Gasteiger partial charge in [-0.05, 0) is 34.5 Å². The zero-order valence-electron chi connectivity index (χ0n) is 7.79. The fourth-order valence-electron chi connectivity index (χ4n) is 1.12. The Morgan fingerprint density at radius 3 is 2.87 bits per heavy atom. The Labute approximate surface area is 98.5 Å². The lowest BCUT2D eigenvalue weighted by atomic mass is 10.2. The molecular formula is C9H7BrFN3S. The Morgan fingerprint density at radius 1 is 1.40 bits per heavy atom. The second-order valence-electron chi connectivity index (χ2n) is 2.92. The summed E-state index contributed by atoms with van der Waals surface area (Å²) in [4.78, 5) is 0. The molecule has 0 saturated carbocycles. The highest BCUT2D eigenvalue weighted by molar-refractivity contribution is 9.11. The molecule has 1 aromatic carbocycles. The number of aryl methyl sites for hydroxylation is 1. The molecule has 0 fully saturated rings. The predicted molar refractivity (Wildman–Crippen MR) is 62.0 cm³/mol. The smallest absolute Gasteiger partial charge is 0.210 e. The fourth-order valence-corrected chi connectivity index (χ4v) is 2.14. The van der Waals surface area contributed by atoms with Crippen molar-refractivity contribution in [2.75, 3.05) is 5.32 Å². The maximum atomic E-state index is 13.6.